The minimum atomic E-state index is -0.0181. The molecule has 0 spiro atoms. The SMILES string of the molecule is CN1CCN(C(=O)c2[nH]c3ccc(Br)cc3c2Cl)CC1. The Bertz CT molecular complexity index is 662. The van der Waals surface area contributed by atoms with Gasteiger partial charge in [-0.15, -0.1) is 0 Å². The number of nitrogens with zero attached hydrogens (tertiary/aromatic N) is 2. The first-order valence-corrected chi connectivity index (χ1v) is 7.68. The topological polar surface area (TPSA) is 39.3 Å². The van der Waals surface area contributed by atoms with Crippen LogP contribution in [-0.4, -0.2) is 53.9 Å². The van der Waals surface area contributed by atoms with Crippen LogP contribution in [0.3, 0.4) is 0 Å². The number of amides is 1. The zero-order valence-electron chi connectivity index (χ0n) is 11.1. The normalized spacial score (nSPS) is 16.9. The van der Waals surface area contributed by atoms with E-state index in [0.717, 1.165) is 41.6 Å². The highest BCUT2D eigenvalue weighted by molar-refractivity contribution is 9.10. The summed E-state index contributed by atoms with van der Waals surface area (Å²) in [4.78, 5) is 19.8. The van der Waals surface area contributed by atoms with Gasteiger partial charge in [0.1, 0.15) is 5.69 Å². The molecule has 1 aliphatic heterocycles. The fourth-order valence-electron chi connectivity index (χ4n) is 2.45. The van der Waals surface area contributed by atoms with E-state index in [0.29, 0.717) is 10.7 Å². The van der Waals surface area contributed by atoms with E-state index in [1.165, 1.54) is 0 Å². The van der Waals surface area contributed by atoms with Crippen molar-refractivity contribution in [1.82, 2.24) is 14.8 Å². The van der Waals surface area contributed by atoms with E-state index in [9.17, 15) is 4.79 Å². The monoisotopic (exact) mass is 355 g/mol. The van der Waals surface area contributed by atoms with Gasteiger partial charge >= 0.3 is 0 Å². The number of rotatable bonds is 1. The van der Waals surface area contributed by atoms with Crippen molar-refractivity contribution in [2.24, 2.45) is 0 Å². The number of nitrogens with one attached hydrogen (secondary N) is 1. The molecule has 0 saturated carbocycles. The maximum Gasteiger partial charge on any atom is 0.271 e. The molecule has 2 heterocycles. The van der Waals surface area contributed by atoms with E-state index in [1.807, 2.05) is 23.1 Å². The Morgan fingerprint density at radius 2 is 2.00 bits per heavy atom. The van der Waals surface area contributed by atoms with Gasteiger partial charge in [-0.3, -0.25) is 4.79 Å². The standard InChI is InChI=1S/C14H15BrClN3O/c1-18-4-6-19(7-5-18)14(20)13-12(16)10-8-9(15)2-3-11(10)17-13/h2-3,8,17H,4-7H2,1H3. The molecule has 0 radical (unpaired) electrons. The number of H-pyrrole nitrogens is 1. The van der Waals surface area contributed by atoms with E-state index in [1.54, 1.807) is 0 Å². The molecule has 3 rings (SSSR count). The van der Waals surface area contributed by atoms with Crippen molar-refractivity contribution in [3.63, 3.8) is 0 Å². The van der Waals surface area contributed by atoms with Crippen LogP contribution in [0.25, 0.3) is 10.9 Å². The van der Waals surface area contributed by atoms with Crippen LogP contribution in [0.4, 0.5) is 0 Å². The quantitative estimate of drug-likeness (QED) is 0.853. The van der Waals surface area contributed by atoms with Crippen molar-refractivity contribution < 1.29 is 4.79 Å². The number of fused-ring (bicyclic) bond motifs is 1. The van der Waals surface area contributed by atoms with Gasteiger partial charge in [0.15, 0.2) is 0 Å². The number of hydrogen-bond donors (Lipinski definition) is 1. The van der Waals surface area contributed by atoms with Crippen LogP contribution < -0.4 is 0 Å². The third-order valence-corrected chi connectivity index (χ3v) is 4.59. The van der Waals surface area contributed by atoms with E-state index in [2.05, 4.69) is 32.9 Å². The van der Waals surface area contributed by atoms with Gasteiger partial charge in [0, 0.05) is 41.6 Å². The third-order valence-electron chi connectivity index (χ3n) is 3.70. The lowest BCUT2D eigenvalue weighted by atomic mass is 10.2. The van der Waals surface area contributed by atoms with Crippen LogP contribution >= 0.6 is 27.5 Å². The van der Waals surface area contributed by atoms with Crippen molar-refractivity contribution in [3.05, 3.63) is 33.4 Å². The highest BCUT2D eigenvalue weighted by atomic mass is 79.9. The van der Waals surface area contributed by atoms with Crippen molar-refractivity contribution >= 4 is 44.3 Å². The Morgan fingerprint density at radius 1 is 1.30 bits per heavy atom. The summed E-state index contributed by atoms with van der Waals surface area (Å²) in [5.74, 6) is -0.0181. The molecule has 2 aromatic rings. The number of halogens is 2. The Labute approximate surface area is 130 Å². The fourth-order valence-corrected chi connectivity index (χ4v) is 3.09. The number of aromatic amines is 1. The zero-order chi connectivity index (χ0) is 14.3. The number of hydrogen-bond acceptors (Lipinski definition) is 2. The molecule has 6 heteroatoms. The minimum absolute atomic E-state index is 0.0181. The lowest BCUT2D eigenvalue weighted by molar-refractivity contribution is 0.0659. The Kier molecular flexibility index (Phi) is 3.75. The van der Waals surface area contributed by atoms with E-state index < -0.39 is 0 Å². The molecule has 1 saturated heterocycles. The van der Waals surface area contributed by atoms with Gasteiger partial charge in [-0.2, -0.15) is 0 Å². The van der Waals surface area contributed by atoms with Gasteiger partial charge in [0.25, 0.3) is 5.91 Å². The maximum absolute atomic E-state index is 12.6. The van der Waals surface area contributed by atoms with Gasteiger partial charge in [-0.25, -0.2) is 0 Å². The minimum Gasteiger partial charge on any atom is -0.349 e. The first kappa shape index (κ1) is 13.9. The smallest absolute Gasteiger partial charge is 0.271 e. The maximum atomic E-state index is 12.6. The zero-order valence-corrected chi connectivity index (χ0v) is 13.5. The van der Waals surface area contributed by atoms with Gasteiger partial charge in [0.05, 0.1) is 5.02 Å². The van der Waals surface area contributed by atoms with E-state index >= 15 is 0 Å². The Hall–Kier alpha value is -1.04. The number of aromatic nitrogens is 1. The van der Waals surface area contributed by atoms with E-state index in [-0.39, 0.29) is 5.91 Å². The first-order valence-electron chi connectivity index (χ1n) is 6.51. The molecule has 1 aromatic heterocycles. The van der Waals surface area contributed by atoms with Crippen molar-refractivity contribution in [2.45, 2.75) is 0 Å². The number of benzene rings is 1. The highest BCUT2D eigenvalue weighted by Gasteiger charge is 2.24. The van der Waals surface area contributed by atoms with Crippen molar-refractivity contribution in [1.29, 1.82) is 0 Å². The molecule has 106 valence electrons. The summed E-state index contributed by atoms with van der Waals surface area (Å²) in [5, 5.41) is 1.38. The van der Waals surface area contributed by atoms with Crippen molar-refractivity contribution in [2.75, 3.05) is 33.2 Å². The number of piperazine rings is 1. The van der Waals surface area contributed by atoms with Crippen LogP contribution in [0.5, 0.6) is 0 Å². The van der Waals surface area contributed by atoms with Gasteiger partial charge in [0.2, 0.25) is 0 Å². The summed E-state index contributed by atoms with van der Waals surface area (Å²) in [7, 11) is 2.06. The number of likely N-dealkylation sites (N-methyl/N-ethyl adjacent to an activating group) is 1. The lowest BCUT2D eigenvalue weighted by Crippen LogP contribution is -2.47. The molecule has 0 bridgehead atoms. The summed E-state index contributed by atoms with van der Waals surface area (Å²) in [6.07, 6.45) is 0. The molecule has 0 unspecified atom stereocenters. The highest BCUT2D eigenvalue weighted by Crippen LogP contribution is 2.30. The predicted octanol–water partition coefficient (Wildman–Crippen LogP) is 2.97. The summed E-state index contributed by atoms with van der Waals surface area (Å²) in [6, 6.07) is 5.78. The molecule has 0 atom stereocenters. The van der Waals surface area contributed by atoms with Crippen LogP contribution in [-0.2, 0) is 0 Å². The second kappa shape index (κ2) is 5.39. The third kappa shape index (κ3) is 2.45. The molecule has 4 nitrogen and oxygen atoms in total. The average molecular weight is 357 g/mol. The summed E-state index contributed by atoms with van der Waals surface area (Å²) in [6.45, 7) is 3.28. The molecule has 0 aliphatic carbocycles. The van der Waals surface area contributed by atoms with Gasteiger partial charge < -0.3 is 14.8 Å². The fraction of sp³-hybridized carbons (Fsp3) is 0.357. The largest absolute Gasteiger partial charge is 0.349 e. The van der Waals surface area contributed by atoms with Gasteiger partial charge in [-0.1, -0.05) is 27.5 Å². The summed E-state index contributed by atoms with van der Waals surface area (Å²) >= 11 is 9.78. The van der Waals surface area contributed by atoms with Gasteiger partial charge in [-0.05, 0) is 25.2 Å². The molecule has 1 fully saturated rings. The molecule has 1 aromatic carbocycles. The molecule has 1 amide bonds. The van der Waals surface area contributed by atoms with Crippen LogP contribution in [0.1, 0.15) is 10.5 Å². The van der Waals surface area contributed by atoms with Crippen LogP contribution in [0, 0.1) is 0 Å². The summed E-state index contributed by atoms with van der Waals surface area (Å²) in [5.41, 5.74) is 1.37. The lowest BCUT2D eigenvalue weighted by Gasteiger charge is -2.32. The number of carbonyl (C=O) groups excluding carboxylic acids is 1. The predicted molar refractivity (Wildman–Crippen MR) is 84.4 cm³/mol. The molecule has 1 N–H and O–H groups in total. The molecular formula is C14H15BrClN3O. The molecule has 20 heavy (non-hydrogen) atoms. The van der Waals surface area contributed by atoms with Crippen LogP contribution in [0.2, 0.25) is 5.02 Å². The van der Waals surface area contributed by atoms with Crippen LogP contribution in [0.15, 0.2) is 22.7 Å². The number of carbonyl (C=O) groups is 1. The average Bonchev–Trinajstić information content (AvgIpc) is 2.76. The first-order chi connectivity index (χ1) is 9.56. The van der Waals surface area contributed by atoms with E-state index in [4.69, 9.17) is 11.6 Å². The van der Waals surface area contributed by atoms with Crippen molar-refractivity contribution in [3.8, 4) is 0 Å². The molecule has 1 aliphatic rings. The Morgan fingerprint density at radius 3 is 2.70 bits per heavy atom. The second-order valence-electron chi connectivity index (χ2n) is 5.10. The summed E-state index contributed by atoms with van der Waals surface area (Å²) < 4.78 is 0.949. The second-order valence-corrected chi connectivity index (χ2v) is 6.39. The Balaban J connectivity index is 1.93. The molecular weight excluding hydrogens is 342 g/mol.